The van der Waals surface area contributed by atoms with Gasteiger partial charge in [-0.3, -0.25) is 9.69 Å². The number of rotatable bonds is 6. The van der Waals surface area contributed by atoms with Crippen LogP contribution in [-0.2, 0) is 11.2 Å². The van der Waals surface area contributed by atoms with Crippen LogP contribution in [0.2, 0.25) is 0 Å². The van der Waals surface area contributed by atoms with E-state index in [1.165, 1.54) is 0 Å². The highest BCUT2D eigenvalue weighted by Gasteiger charge is 2.23. The summed E-state index contributed by atoms with van der Waals surface area (Å²) in [4.78, 5) is 14.7. The third-order valence-corrected chi connectivity index (χ3v) is 3.83. The Labute approximate surface area is 132 Å². The molecule has 0 spiro atoms. The molecule has 1 aliphatic heterocycles. The summed E-state index contributed by atoms with van der Waals surface area (Å²) in [5.41, 5.74) is 1.28. The summed E-state index contributed by atoms with van der Waals surface area (Å²) in [5, 5.41) is 6.87. The molecule has 1 aliphatic rings. The fraction of sp³-hybridized carbons (Fsp3) is 0.750. The van der Waals surface area contributed by atoms with Gasteiger partial charge in [0.25, 0.3) is 5.91 Å². The van der Waals surface area contributed by atoms with Gasteiger partial charge in [-0.15, -0.1) is 0 Å². The summed E-state index contributed by atoms with van der Waals surface area (Å²) >= 11 is 0. The molecule has 0 aromatic carbocycles. The number of hydrogen-bond donors (Lipinski definition) is 1. The maximum Gasteiger partial charge on any atom is 0.256 e. The van der Waals surface area contributed by atoms with Crippen molar-refractivity contribution in [3.63, 3.8) is 0 Å². The van der Waals surface area contributed by atoms with Crippen molar-refractivity contribution in [1.29, 1.82) is 0 Å². The average Bonchev–Trinajstić information content (AvgIpc) is 2.85. The Morgan fingerprint density at radius 3 is 2.95 bits per heavy atom. The highest BCUT2D eigenvalue weighted by Crippen LogP contribution is 2.14. The first-order valence-corrected chi connectivity index (χ1v) is 8.08. The molecule has 2 heterocycles. The number of carbonyl (C=O) groups excluding carboxylic acids is 1. The molecule has 0 aliphatic carbocycles. The molecule has 1 N–H and O–H groups in total. The van der Waals surface area contributed by atoms with Crippen molar-refractivity contribution in [2.75, 3.05) is 32.8 Å². The van der Waals surface area contributed by atoms with Crippen LogP contribution in [0.4, 0.5) is 0 Å². The Balaban J connectivity index is 1.87. The molecule has 2 rings (SSSR count). The van der Waals surface area contributed by atoms with Gasteiger partial charge >= 0.3 is 0 Å². The molecule has 6 nitrogen and oxygen atoms in total. The minimum absolute atomic E-state index is 0.0432. The number of hydrogen-bond acceptors (Lipinski definition) is 5. The van der Waals surface area contributed by atoms with Gasteiger partial charge in [-0.2, -0.15) is 0 Å². The molecule has 0 radical (unpaired) electrons. The van der Waals surface area contributed by atoms with Crippen molar-refractivity contribution < 1.29 is 14.1 Å². The summed E-state index contributed by atoms with van der Waals surface area (Å²) in [7, 11) is 0. The van der Waals surface area contributed by atoms with Gasteiger partial charge in [0.1, 0.15) is 11.3 Å². The fourth-order valence-electron chi connectivity index (χ4n) is 2.83. The molecule has 22 heavy (non-hydrogen) atoms. The van der Waals surface area contributed by atoms with Gasteiger partial charge in [0.15, 0.2) is 0 Å². The highest BCUT2D eigenvalue weighted by molar-refractivity contribution is 5.96. The van der Waals surface area contributed by atoms with Crippen LogP contribution < -0.4 is 5.32 Å². The van der Waals surface area contributed by atoms with E-state index in [0.717, 1.165) is 26.2 Å². The second kappa shape index (κ2) is 7.74. The number of nitrogens with zero attached hydrogens (tertiary/aromatic N) is 2. The SMILES string of the molecule is CCc1noc(C)c1C(=O)NCC1CN(CC(C)C)CCO1. The Hall–Kier alpha value is -1.40. The molecular weight excluding hydrogens is 282 g/mol. The number of ether oxygens (including phenoxy) is 1. The molecular formula is C16H27N3O3. The Morgan fingerprint density at radius 2 is 2.27 bits per heavy atom. The van der Waals surface area contributed by atoms with E-state index < -0.39 is 0 Å². The van der Waals surface area contributed by atoms with E-state index in [-0.39, 0.29) is 12.0 Å². The van der Waals surface area contributed by atoms with Gasteiger partial charge in [-0.25, -0.2) is 0 Å². The van der Waals surface area contributed by atoms with Crippen LogP contribution in [0.5, 0.6) is 0 Å². The first-order valence-electron chi connectivity index (χ1n) is 8.08. The van der Waals surface area contributed by atoms with Crippen LogP contribution >= 0.6 is 0 Å². The predicted octanol–water partition coefficient (Wildman–Crippen LogP) is 1.63. The normalized spacial score (nSPS) is 19.6. The third kappa shape index (κ3) is 4.30. The van der Waals surface area contributed by atoms with Gasteiger partial charge in [0, 0.05) is 26.2 Å². The van der Waals surface area contributed by atoms with Crippen LogP contribution in [0.1, 0.15) is 42.6 Å². The lowest BCUT2D eigenvalue weighted by atomic mass is 10.1. The van der Waals surface area contributed by atoms with E-state index in [4.69, 9.17) is 9.26 Å². The molecule has 1 fully saturated rings. The van der Waals surface area contributed by atoms with Gasteiger partial charge < -0.3 is 14.6 Å². The van der Waals surface area contributed by atoms with E-state index >= 15 is 0 Å². The Bertz CT molecular complexity index is 499. The zero-order valence-corrected chi connectivity index (χ0v) is 14.0. The molecule has 1 saturated heterocycles. The van der Waals surface area contributed by atoms with Crippen LogP contribution in [0.3, 0.4) is 0 Å². The average molecular weight is 309 g/mol. The van der Waals surface area contributed by atoms with Gasteiger partial charge in [-0.05, 0) is 19.3 Å². The second-order valence-corrected chi connectivity index (χ2v) is 6.27. The molecule has 1 aromatic rings. The largest absolute Gasteiger partial charge is 0.374 e. The number of morpholine rings is 1. The number of aromatic nitrogens is 1. The summed E-state index contributed by atoms with van der Waals surface area (Å²) < 4.78 is 10.9. The summed E-state index contributed by atoms with van der Waals surface area (Å²) in [6, 6.07) is 0. The number of carbonyl (C=O) groups is 1. The highest BCUT2D eigenvalue weighted by atomic mass is 16.5. The van der Waals surface area contributed by atoms with Gasteiger partial charge in [-0.1, -0.05) is 25.9 Å². The summed E-state index contributed by atoms with van der Waals surface area (Å²) in [6.45, 7) is 12.3. The Kier molecular flexibility index (Phi) is 5.97. The van der Waals surface area contributed by atoms with Crippen molar-refractivity contribution in [2.45, 2.75) is 40.2 Å². The molecule has 1 atom stereocenters. The zero-order chi connectivity index (χ0) is 16.1. The quantitative estimate of drug-likeness (QED) is 0.865. The molecule has 0 bridgehead atoms. The van der Waals surface area contributed by atoms with E-state index in [1.54, 1.807) is 6.92 Å². The molecule has 1 amide bonds. The fourth-order valence-corrected chi connectivity index (χ4v) is 2.83. The summed E-state index contributed by atoms with van der Waals surface area (Å²) in [6.07, 6.45) is 0.726. The minimum atomic E-state index is -0.125. The number of nitrogens with one attached hydrogen (secondary N) is 1. The van der Waals surface area contributed by atoms with Gasteiger partial charge in [0.05, 0.1) is 18.4 Å². The van der Waals surface area contributed by atoms with Crippen LogP contribution in [0, 0.1) is 12.8 Å². The summed E-state index contributed by atoms with van der Waals surface area (Å²) in [5.74, 6) is 1.08. The standard InChI is InChI=1S/C16H27N3O3/c1-5-14-15(12(4)22-18-14)16(20)17-8-13-10-19(6-7-21-13)9-11(2)3/h11,13H,5-10H2,1-4H3,(H,17,20). The number of aryl methyl sites for hydroxylation is 2. The molecule has 1 aromatic heterocycles. The van der Waals surface area contributed by atoms with E-state index in [0.29, 0.717) is 35.9 Å². The Morgan fingerprint density at radius 1 is 1.50 bits per heavy atom. The van der Waals surface area contributed by atoms with E-state index in [9.17, 15) is 4.79 Å². The lowest BCUT2D eigenvalue weighted by molar-refractivity contribution is -0.0295. The smallest absolute Gasteiger partial charge is 0.256 e. The first kappa shape index (κ1) is 17.0. The van der Waals surface area contributed by atoms with Crippen molar-refractivity contribution in [2.24, 2.45) is 5.92 Å². The first-order chi connectivity index (χ1) is 10.5. The maximum absolute atomic E-state index is 12.3. The van der Waals surface area contributed by atoms with Crippen molar-refractivity contribution in [3.05, 3.63) is 17.0 Å². The minimum Gasteiger partial charge on any atom is -0.374 e. The lowest BCUT2D eigenvalue weighted by Gasteiger charge is -2.33. The van der Waals surface area contributed by atoms with Crippen molar-refractivity contribution in [3.8, 4) is 0 Å². The maximum atomic E-state index is 12.3. The number of amides is 1. The van der Waals surface area contributed by atoms with Crippen molar-refractivity contribution >= 4 is 5.91 Å². The van der Waals surface area contributed by atoms with Crippen LogP contribution in [0.25, 0.3) is 0 Å². The van der Waals surface area contributed by atoms with E-state index in [2.05, 4.69) is 29.2 Å². The third-order valence-electron chi connectivity index (χ3n) is 3.83. The van der Waals surface area contributed by atoms with Crippen LogP contribution in [-0.4, -0.2) is 54.9 Å². The molecule has 124 valence electrons. The molecule has 0 saturated carbocycles. The monoisotopic (exact) mass is 309 g/mol. The lowest BCUT2D eigenvalue weighted by Crippen LogP contribution is -2.48. The topological polar surface area (TPSA) is 67.6 Å². The van der Waals surface area contributed by atoms with Gasteiger partial charge in [0.2, 0.25) is 0 Å². The predicted molar refractivity (Wildman–Crippen MR) is 84.0 cm³/mol. The molecule has 6 heteroatoms. The molecule has 1 unspecified atom stereocenters. The van der Waals surface area contributed by atoms with E-state index in [1.807, 2.05) is 6.92 Å². The second-order valence-electron chi connectivity index (χ2n) is 6.27. The van der Waals surface area contributed by atoms with Crippen molar-refractivity contribution in [1.82, 2.24) is 15.4 Å². The van der Waals surface area contributed by atoms with Crippen LogP contribution in [0.15, 0.2) is 4.52 Å². The zero-order valence-electron chi connectivity index (χ0n) is 14.0.